The fraction of sp³-hybridized carbons (Fsp3) is 0.579. The van der Waals surface area contributed by atoms with E-state index in [1.54, 1.807) is 24.3 Å². The van der Waals surface area contributed by atoms with Gasteiger partial charge in [0, 0.05) is 12.5 Å². The molecule has 0 spiro atoms. The third-order valence-corrected chi connectivity index (χ3v) is 5.28. The molecule has 2 N–H and O–H groups in total. The van der Waals surface area contributed by atoms with Gasteiger partial charge in [-0.25, -0.2) is 4.79 Å². The number of carboxylic acid groups (broad SMARTS) is 1. The van der Waals surface area contributed by atoms with Crippen molar-refractivity contribution in [3.8, 4) is 0 Å². The lowest BCUT2D eigenvalue weighted by Crippen LogP contribution is -2.28. The van der Waals surface area contributed by atoms with Crippen molar-refractivity contribution in [1.82, 2.24) is 5.32 Å². The molecule has 2 aliphatic carbocycles. The Morgan fingerprint density at radius 1 is 1.09 bits per heavy atom. The third kappa shape index (κ3) is 4.34. The van der Waals surface area contributed by atoms with E-state index in [-0.39, 0.29) is 11.5 Å². The molecule has 0 radical (unpaired) electrons. The molecule has 2 saturated carbocycles. The Morgan fingerprint density at radius 3 is 2.43 bits per heavy atom. The van der Waals surface area contributed by atoms with E-state index < -0.39 is 5.97 Å². The zero-order valence-electron chi connectivity index (χ0n) is 13.5. The van der Waals surface area contributed by atoms with Crippen LogP contribution >= 0.6 is 0 Å². The smallest absolute Gasteiger partial charge is 0.335 e. The first kappa shape index (κ1) is 16.0. The summed E-state index contributed by atoms with van der Waals surface area (Å²) in [6.45, 7) is 0. The molecule has 3 rings (SSSR count). The van der Waals surface area contributed by atoms with Gasteiger partial charge in [-0.2, -0.15) is 0 Å². The van der Waals surface area contributed by atoms with Gasteiger partial charge in [-0.15, -0.1) is 0 Å². The van der Waals surface area contributed by atoms with Crippen molar-refractivity contribution in [2.24, 2.45) is 11.8 Å². The van der Waals surface area contributed by atoms with Gasteiger partial charge >= 0.3 is 5.97 Å². The number of carbonyl (C=O) groups excluding carboxylic acids is 1. The van der Waals surface area contributed by atoms with Crippen LogP contribution in [0.15, 0.2) is 24.3 Å². The van der Waals surface area contributed by atoms with Crippen molar-refractivity contribution in [1.29, 1.82) is 0 Å². The molecular weight excluding hydrogens is 290 g/mol. The number of carbonyl (C=O) groups is 2. The summed E-state index contributed by atoms with van der Waals surface area (Å²) in [5.41, 5.74) is 1.29. The number of carboxylic acids is 1. The third-order valence-electron chi connectivity index (χ3n) is 5.28. The number of aryl methyl sites for hydroxylation is 1. The number of rotatable bonds is 6. The second-order valence-corrected chi connectivity index (χ2v) is 6.97. The van der Waals surface area contributed by atoms with Crippen LogP contribution in [0.4, 0.5) is 0 Å². The highest BCUT2D eigenvalue weighted by Gasteiger charge is 2.43. The molecule has 2 aliphatic rings. The Labute approximate surface area is 137 Å². The van der Waals surface area contributed by atoms with Gasteiger partial charge < -0.3 is 10.4 Å². The van der Waals surface area contributed by atoms with Crippen LogP contribution in [-0.4, -0.2) is 23.0 Å². The minimum atomic E-state index is -0.920. The van der Waals surface area contributed by atoms with E-state index in [9.17, 15) is 9.59 Å². The molecule has 0 saturated heterocycles. The van der Waals surface area contributed by atoms with Gasteiger partial charge in [0.1, 0.15) is 0 Å². The van der Waals surface area contributed by atoms with Crippen LogP contribution in [0.25, 0.3) is 0 Å². The lowest BCUT2D eigenvalue weighted by Gasteiger charge is -2.21. The Bertz CT molecular complexity index is 560. The van der Waals surface area contributed by atoms with Crippen LogP contribution in [0, 0.1) is 11.8 Å². The number of benzene rings is 1. The van der Waals surface area contributed by atoms with E-state index in [0.29, 0.717) is 24.8 Å². The minimum absolute atomic E-state index is 0.121. The molecule has 1 aromatic carbocycles. The molecule has 0 bridgehead atoms. The summed E-state index contributed by atoms with van der Waals surface area (Å²) in [7, 11) is 0. The van der Waals surface area contributed by atoms with Crippen molar-refractivity contribution in [2.45, 2.75) is 57.4 Å². The molecule has 124 valence electrons. The number of hydrogen-bond donors (Lipinski definition) is 2. The van der Waals surface area contributed by atoms with Crippen LogP contribution in [0.5, 0.6) is 0 Å². The molecule has 0 aromatic heterocycles. The highest BCUT2D eigenvalue weighted by atomic mass is 16.4. The first-order chi connectivity index (χ1) is 11.1. The largest absolute Gasteiger partial charge is 0.478 e. The second-order valence-electron chi connectivity index (χ2n) is 6.97. The Kier molecular flexibility index (Phi) is 4.99. The molecule has 2 fully saturated rings. The molecule has 4 heteroatoms. The topological polar surface area (TPSA) is 66.4 Å². The number of hydrogen-bond acceptors (Lipinski definition) is 2. The van der Waals surface area contributed by atoms with Gasteiger partial charge in [-0.3, -0.25) is 4.79 Å². The SMILES string of the molecule is O=C(CCc1ccc(C(=O)O)cc1)NC1CC1C1CCCCC1. The Hall–Kier alpha value is -1.84. The molecule has 1 amide bonds. The lowest BCUT2D eigenvalue weighted by molar-refractivity contribution is -0.121. The molecule has 4 nitrogen and oxygen atoms in total. The lowest BCUT2D eigenvalue weighted by atomic mass is 9.85. The first-order valence-electron chi connectivity index (χ1n) is 8.75. The molecule has 23 heavy (non-hydrogen) atoms. The fourth-order valence-electron chi connectivity index (χ4n) is 3.81. The first-order valence-corrected chi connectivity index (χ1v) is 8.75. The number of amides is 1. The minimum Gasteiger partial charge on any atom is -0.478 e. The molecular formula is C19H25NO3. The quantitative estimate of drug-likeness (QED) is 0.845. The van der Waals surface area contributed by atoms with Crippen molar-refractivity contribution in [3.05, 3.63) is 35.4 Å². The maximum absolute atomic E-state index is 12.1. The van der Waals surface area contributed by atoms with Gasteiger partial charge in [0.25, 0.3) is 0 Å². The predicted octanol–water partition coefficient (Wildman–Crippen LogP) is 3.40. The molecule has 2 atom stereocenters. The van der Waals surface area contributed by atoms with E-state index in [1.165, 1.54) is 32.1 Å². The zero-order valence-corrected chi connectivity index (χ0v) is 13.5. The summed E-state index contributed by atoms with van der Waals surface area (Å²) in [6, 6.07) is 7.17. The van der Waals surface area contributed by atoms with Crippen LogP contribution in [0.2, 0.25) is 0 Å². The second kappa shape index (κ2) is 7.16. The summed E-state index contributed by atoms with van der Waals surface area (Å²) in [5, 5.41) is 12.0. The van der Waals surface area contributed by atoms with Crippen molar-refractivity contribution in [2.75, 3.05) is 0 Å². The van der Waals surface area contributed by atoms with Crippen LogP contribution in [0.3, 0.4) is 0 Å². The van der Waals surface area contributed by atoms with E-state index in [2.05, 4.69) is 5.32 Å². The zero-order chi connectivity index (χ0) is 16.2. The van der Waals surface area contributed by atoms with Gasteiger partial charge in [0.15, 0.2) is 0 Å². The highest BCUT2D eigenvalue weighted by Crippen LogP contribution is 2.44. The van der Waals surface area contributed by atoms with Gasteiger partial charge in [0.05, 0.1) is 5.56 Å². The summed E-state index contributed by atoms with van der Waals surface area (Å²) >= 11 is 0. The molecule has 0 aliphatic heterocycles. The van der Waals surface area contributed by atoms with E-state index in [1.807, 2.05) is 0 Å². The van der Waals surface area contributed by atoms with E-state index >= 15 is 0 Å². The maximum atomic E-state index is 12.1. The van der Waals surface area contributed by atoms with Crippen LogP contribution in [-0.2, 0) is 11.2 Å². The average Bonchev–Trinajstić information content (AvgIpc) is 3.33. The van der Waals surface area contributed by atoms with Gasteiger partial charge in [-0.05, 0) is 42.4 Å². The molecule has 1 aromatic rings. The Morgan fingerprint density at radius 2 is 1.78 bits per heavy atom. The average molecular weight is 315 g/mol. The number of aromatic carboxylic acids is 1. The van der Waals surface area contributed by atoms with Crippen LogP contribution in [0.1, 0.15) is 60.9 Å². The highest BCUT2D eigenvalue weighted by molar-refractivity contribution is 5.87. The Balaban J connectivity index is 1.39. The van der Waals surface area contributed by atoms with Crippen molar-refractivity contribution >= 4 is 11.9 Å². The molecule has 0 heterocycles. The number of nitrogens with one attached hydrogen (secondary N) is 1. The predicted molar refractivity (Wildman–Crippen MR) is 88.3 cm³/mol. The summed E-state index contributed by atoms with van der Waals surface area (Å²) < 4.78 is 0. The van der Waals surface area contributed by atoms with Crippen LogP contribution < -0.4 is 5.32 Å². The fourth-order valence-corrected chi connectivity index (χ4v) is 3.81. The van der Waals surface area contributed by atoms with Crippen molar-refractivity contribution in [3.63, 3.8) is 0 Å². The van der Waals surface area contributed by atoms with Gasteiger partial charge in [0.2, 0.25) is 5.91 Å². The summed E-state index contributed by atoms with van der Waals surface area (Å²) in [4.78, 5) is 22.9. The summed E-state index contributed by atoms with van der Waals surface area (Å²) in [6.07, 6.45) is 9.06. The summed E-state index contributed by atoms with van der Waals surface area (Å²) in [5.74, 6) is 0.749. The van der Waals surface area contributed by atoms with Gasteiger partial charge in [-0.1, -0.05) is 44.2 Å². The van der Waals surface area contributed by atoms with Crippen molar-refractivity contribution < 1.29 is 14.7 Å². The molecule has 2 unspecified atom stereocenters. The maximum Gasteiger partial charge on any atom is 0.335 e. The normalized spacial score (nSPS) is 24.2. The van der Waals surface area contributed by atoms with E-state index in [4.69, 9.17) is 5.11 Å². The standard InChI is InChI=1S/C19H25NO3/c21-18(11-8-13-6-9-15(10-7-13)19(22)23)20-17-12-16(17)14-4-2-1-3-5-14/h6-7,9-10,14,16-17H,1-5,8,11-12H2,(H,20,21)(H,22,23). The monoisotopic (exact) mass is 315 g/mol. The van der Waals surface area contributed by atoms with E-state index in [0.717, 1.165) is 17.9 Å².